The largest absolute Gasteiger partial charge is 0.379 e. The fourth-order valence-corrected chi connectivity index (χ4v) is 6.64. The van der Waals surface area contributed by atoms with E-state index in [1.165, 1.54) is 0 Å². The fourth-order valence-electron chi connectivity index (χ4n) is 6.64. The number of morpholine rings is 1. The molecule has 7 heteroatoms. The normalized spacial score (nSPS) is 21.2. The minimum atomic E-state index is -0.390. The van der Waals surface area contributed by atoms with Gasteiger partial charge in [-0.3, -0.25) is 9.69 Å². The van der Waals surface area contributed by atoms with Crippen molar-refractivity contribution in [2.45, 2.75) is 51.0 Å². The molecular formula is C29H33N5O2. The molecule has 2 aromatic heterocycles. The molecule has 0 amide bonds. The van der Waals surface area contributed by atoms with Crippen LogP contribution in [0.3, 0.4) is 0 Å². The van der Waals surface area contributed by atoms with Gasteiger partial charge in [0.15, 0.2) is 5.78 Å². The summed E-state index contributed by atoms with van der Waals surface area (Å²) in [4.78, 5) is 27.0. The molecule has 0 radical (unpaired) electrons. The van der Waals surface area contributed by atoms with E-state index in [-0.39, 0.29) is 11.3 Å². The molecule has 1 aliphatic carbocycles. The topological polar surface area (TPSA) is 85.2 Å². The third-order valence-electron chi connectivity index (χ3n) is 8.95. The van der Waals surface area contributed by atoms with Crippen LogP contribution < -0.4 is 4.90 Å². The number of benzene rings is 1. The van der Waals surface area contributed by atoms with Gasteiger partial charge in [0.2, 0.25) is 0 Å². The number of fused-ring (bicyclic) bond motifs is 4. The van der Waals surface area contributed by atoms with Crippen molar-refractivity contribution in [3.8, 4) is 6.07 Å². The summed E-state index contributed by atoms with van der Waals surface area (Å²) in [6, 6.07) is 9.81. The Morgan fingerprint density at radius 2 is 1.89 bits per heavy atom. The summed E-state index contributed by atoms with van der Waals surface area (Å²) in [5.74, 6) is 0.956. The number of ketones is 1. The van der Waals surface area contributed by atoms with Crippen molar-refractivity contribution in [1.29, 1.82) is 5.26 Å². The van der Waals surface area contributed by atoms with Crippen molar-refractivity contribution >= 4 is 22.5 Å². The second-order valence-corrected chi connectivity index (χ2v) is 11.0. The summed E-state index contributed by atoms with van der Waals surface area (Å²) < 4.78 is 5.60. The van der Waals surface area contributed by atoms with E-state index in [4.69, 9.17) is 9.72 Å². The van der Waals surface area contributed by atoms with Gasteiger partial charge in [-0.1, -0.05) is 26.8 Å². The van der Waals surface area contributed by atoms with Gasteiger partial charge in [-0.2, -0.15) is 5.26 Å². The van der Waals surface area contributed by atoms with E-state index in [1.807, 2.05) is 12.1 Å². The monoisotopic (exact) mass is 483 g/mol. The number of H-pyrrole nitrogens is 1. The summed E-state index contributed by atoms with van der Waals surface area (Å²) in [6.45, 7) is 12.3. The van der Waals surface area contributed by atoms with E-state index in [9.17, 15) is 10.1 Å². The first kappa shape index (κ1) is 23.2. The van der Waals surface area contributed by atoms with E-state index in [2.05, 4.69) is 47.7 Å². The van der Waals surface area contributed by atoms with Crippen LogP contribution in [0.5, 0.6) is 0 Å². The molecule has 0 unspecified atom stereocenters. The molecule has 4 heterocycles. The number of nitrogens with zero attached hydrogens (tertiary/aromatic N) is 4. The average molecular weight is 484 g/mol. The molecule has 2 fully saturated rings. The van der Waals surface area contributed by atoms with Gasteiger partial charge in [-0.15, -0.1) is 0 Å². The van der Waals surface area contributed by atoms with Crippen LogP contribution in [0.15, 0.2) is 30.5 Å². The molecular weight excluding hydrogens is 450 g/mol. The molecule has 0 spiro atoms. The van der Waals surface area contributed by atoms with Crippen LogP contribution in [0.2, 0.25) is 0 Å². The van der Waals surface area contributed by atoms with Crippen molar-refractivity contribution in [1.82, 2.24) is 14.9 Å². The molecule has 36 heavy (non-hydrogen) atoms. The number of piperidine rings is 1. The Labute approximate surface area is 212 Å². The van der Waals surface area contributed by atoms with Crippen LogP contribution in [0.4, 0.5) is 5.82 Å². The number of ether oxygens (including phenoxy) is 1. The molecule has 0 bridgehead atoms. The van der Waals surface area contributed by atoms with E-state index in [0.29, 0.717) is 16.7 Å². The summed E-state index contributed by atoms with van der Waals surface area (Å²) in [5, 5.41) is 10.2. The number of pyridine rings is 1. The Hall–Kier alpha value is -3.21. The van der Waals surface area contributed by atoms with Crippen LogP contribution >= 0.6 is 0 Å². The molecule has 3 aliphatic rings. The number of anilines is 1. The van der Waals surface area contributed by atoms with E-state index < -0.39 is 5.41 Å². The number of hydrogen-bond acceptors (Lipinski definition) is 6. The first-order valence-electron chi connectivity index (χ1n) is 13.1. The van der Waals surface area contributed by atoms with Crippen molar-refractivity contribution in [3.05, 3.63) is 58.4 Å². The Morgan fingerprint density at radius 1 is 1.14 bits per heavy atom. The Balaban J connectivity index is 1.32. The predicted molar refractivity (Wildman–Crippen MR) is 140 cm³/mol. The molecule has 3 aromatic rings. The second-order valence-electron chi connectivity index (χ2n) is 11.0. The fraction of sp³-hybridized carbons (Fsp3) is 0.483. The Bertz CT molecular complexity index is 1380. The van der Waals surface area contributed by atoms with Gasteiger partial charge in [0.25, 0.3) is 0 Å². The number of aromatic nitrogens is 2. The molecule has 7 nitrogen and oxygen atoms in total. The van der Waals surface area contributed by atoms with Crippen molar-refractivity contribution in [3.63, 3.8) is 0 Å². The van der Waals surface area contributed by atoms with E-state index in [0.717, 1.165) is 86.6 Å². The highest BCUT2D eigenvalue weighted by molar-refractivity contribution is 6.20. The van der Waals surface area contributed by atoms with Gasteiger partial charge >= 0.3 is 0 Å². The molecule has 2 aliphatic heterocycles. The summed E-state index contributed by atoms with van der Waals surface area (Å²) in [6.07, 6.45) is 5.15. The first-order chi connectivity index (χ1) is 17.4. The van der Waals surface area contributed by atoms with E-state index in [1.54, 1.807) is 12.3 Å². The third kappa shape index (κ3) is 3.39. The van der Waals surface area contributed by atoms with Crippen LogP contribution in [0, 0.1) is 11.3 Å². The number of nitrogens with one attached hydrogen (secondary N) is 1. The third-order valence-corrected chi connectivity index (χ3v) is 8.95. The summed E-state index contributed by atoms with van der Waals surface area (Å²) in [7, 11) is 0. The molecule has 0 atom stereocenters. The van der Waals surface area contributed by atoms with Gasteiger partial charge < -0.3 is 14.6 Å². The lowest BCUT2D eigenvalue weighted by Crippen LogP contribution is -2.58. The van der Waals surface area contributed by atoms with Crippen LogP contribution in [-0.2, 0) is 10.2 Å². The van der Waals surface area contributed by atoms with Gasteiger partial charge in [-0.25, -0.2) is 4.98 Å². The number of nitriles is 1. The molecule has 1 N–H and O–H groups in total. The molecule has 186 valence electrons. The number of hydrogen-bond donors (Lipinski definition) is 1. The maximum absolute atomic E-state index is 13.7. The van der Waals surface area contributed by atoms with Gasteiger partial charge in [0, 0.05) is 65.5 Å². The minimum Gasteiger partial charge on any atom is -0.379 e. The Kier molecular flexibility index (Phi) is 5.43. The summed E-state index contributed by atoms with van der Waals surface area (Å²) >= 11 is 0. The Morgan fingerprint density at radius 3 is 2.58 bits per heavy atom. The van der Waals surface area contributed by atoms with Gasteiger partial charge in [-0.05, 0) is 43.0 Å². The van der Waals surface area contributed by atoms with Crippen molar-refractivity contribution in [2.24, 2.45) is 0 Å². The zero-order valence-corrected chi connectivity index (χ0v) is 21.4. The highest BCUT2D eigenvalue weighted by Crippen LogP contribution is 2.45. The summed E-state index contributed by atoms with van der Waals surface area (Å²) in [5.41, 5.74) is 4.57. The lowest BCUT2D eigenvalue weighted by molar-refractivity contribution is -0.0341. The van der Waals surface area contributed by atoms with Crippen LogP contribution in [0.1, 0.15) is 72.8 Å². The molecule has 2 saturated heterocycles. The minimum absolute atomic E-state index is 0.00490. The average Bonchev–Trinajstić information content (AvgIpc) is 3.32. The second kappa shape index (κ2) is 8.43. The zero-order valence-electron chi connectivity index (χ0n) is 21.4. The lowest BCUT2D eigenvalue weighted by Gasteiger charge is -2.50. The highest BCUT2D eigenvalue weighted by Gasteiger charge is 2.42. The number of carbonyl (C=O) groups is 1. The van der Waals surface area contributed by atoms with E-state index >= 15 is 0 Å². The van der Waals surface area contributed by atoms with Crippen LogP contribution in [0.25, 0.3) is 10.9 Å². The first-order valence-corrected chi connectivity index (χ1v) is 13.1. The standard InChI is InChI=1S/C29H33N5O2/c1-4-29(34-11-13-36-14-12-34)7-9-33(10-8-29)24-16-22-21(18-31-24)26(35)25-20-6-5-19(17-30)15-23(20)32-27(25)28(22,2)3/h5-6,15-16,18,32H,4,7-14H2,1-3H3. The quantitative estimate of drug-likeness (QED) is 0.595. The zero-order chi connectivity index (χ0) is 25.1. The number of aromatic amines is 1. The number of rotatable bonds is 3. The smallest absolute Gasteiger partial charge is 0.197 e. The van der Waals surface area contributed by atoms with Gasteiger partial charge in [0.1, 0.15) is 5.82 Å². The molecule has 0 saturated carbocycles. The maximum Gasteiger partial charge on any atom is 0.197 e. The van der Waals surface area contributed by atoms with Crippen molar-refractivity contribution in [2.75, 3.05) is 44.3 Å². The number of carbonyl (C=O) groups excluding carboxylic acids is 1. The molecule has 1 aromatic carbocycles. The van der Waals surface area contributed by atoms with Gasteiger partial charge in [0.05, 0.1) is 30.4 Å². The van der Waals surface area contributed by atoms with Crippen molar-refractivity contribution < 1.29 is 9.53 Å². The SMILES string of the molecule is CCC1(N2CCOCC2)CCN(c2cc3c(cn2)C(=O)c2c([nH]c4cc(C#N)ccc24)C3(C)C)CC1. The lowest BCUT2D eigenvalue weighted by atomic mass is 9.72. The predicted octanol–water partition coefficient (Wildman–Crippen LogP) is 4.39. The highest BCUT2D eigenvalue weighted by atomic mass is 16.5. The van der Waals surface area contributed by atoms with Crippen LogP contribution in [-0.4, -0.2) is 65.6 Å². The maximum atomic E-state index is 13.7. The molecule has 6 rings (SSSR count).